The summed E-state index contributed by atoms with van der Waals surface area (Å²) >= 11 is 0. The first-order chi connectivity index (χ1) is 12.1. The summed E-state index contributed by atoms with van der Waals surface area (Å²) in [6.07, 6.45) is 7.08. The molecule has 0 radical (unpaired) electrons. The Kier molecular flexibility index (Phi) is 5.27. The van der Waals surface area contributed by atoms with E-state index in [1.165, 1.54) is 5.56 Å². The average molecular weight is 336 g/mol. The number of pyridine rings is 1. The number of nitrogens with one attached hydrogen (secondary N) is 1. The lowest BCUT2D eigenvalue weighted by Gasteiger charge is -2.35. The number of carbonyl (C=O) groups is 2. The van der Waals surface area contributed by atoms with Gasteiger partial charge in [-0.3, -0.25) is 19.9 Å². The molecule has 1 N–H and O–H groups in total. The standard InChI is InChI=1S/C21H24N2O2/c1-16-8-7-9-17(14-16)15-21(11-4-2-5-12-21)20(25)23-19(24)18-10-3-6-13-22-18/h3,6-10,13-14H,2,4-5,11-12,15H2,1H3,(H,23,24,25). The molecule has 0 aliphatic heterocycles. The summed E-state index contributed by atoms with van der Waals surface area (Å²) in [6, 6.07) is 13.4. The molecule has 0 bridgehead atoms. The number of amides is 2. The van der Waals surface area contributed by atoms with Crippen LogP contribution in [0.1, 0.15) is 53.7 Å². The molecule has 1 aliphatic carbocycles. The molecule has 4 heteroatoms. The first-order valence-electron chi connectivity index (χ1n) is 8.91. The van der Waals surface area contributed by atoms with Crippen molar-refractivity contribution in [2.24, 2.45) is 5.41 Å². The van der Waals surface area contributed by atoms with Crippen LogP contribution in [0.5, 0.6) is 0 Å². The van der Waals surface area contributed by atoms with Gasteiger partial charge in [0, 0.05) is 6.20 Å². The SMILES string of the molecule is Cc1cccc(CC2(C(=O)NC(=O)c3ccccn3)CCCCC2)c1. The highest BCUT2D eigenvalue weighted by Gasteiger charge is 2.40. The van der Waals surface area contributed by atoms with Crippen molar-refractivity contribution in [2.75, 3.05) is 0 Å². The van der Waals surface area contributed by atoms with Crippen molar-refractivity contribution in [2.45, 2.75) is 45.4 Å². The maximum absolute atomic E-state index is 13.0. The molecule has 130 valence electrons. The lowest BCUT2D eigenvalue weighted by molar-refractivity contribution is -0.131. The second kappa shape index (κ2) is 7.60. The van der Waals surface area contributed by atoms with Crippen LogP contribution in [-0.4, -0.2) is 16.8 Å². The Morgan fingerprint density at radius 2 is 1.88 bits per heavy atom. The Bertz CT molecular complexity index is 750. The van der Waals surface area contributed by atoms with Gasteiger partial charge in [-0.15, -0.1) is 0 Å². The van der Waals surface area contributed by atoms with Gasteiger partial charge in [0.25, 0.3) is 5.91 Å². The van der Waals surface area contributed by atoms with Gasteiger partial charge in [-0.05, 0) is 43.9 Å². The maximum Gasteiger partial charge on any atom is 0.276 e. The van der Waals surface area contributed by atoms with Crippen LogP contribution in [0.2, 0.25) is 0 Å². The highest BCUT2D eigenvalue weighted by Crippen LogP contribution is 2.39. The van der Waals surface area contributed by atoms with Crippen LogP contribution in [0.25, 0.3) is 0 Å². The molecule has 1 fully saturated rings. The van der Waals surface area contributed by atoms with Crippen LogP contribution in [0.4, 0.5) is 0 Å². The molecule has 1 aromatic carbocycles. The Balaban J connectivity index is 1.79. The van der Waals surface area contributed by atoms with Gasteiger partial charge in [-0.1, -0.05) is 55.2 Å². The number of nitrogens with zero attached hydrogens (tertiary/aromatic N) is 1. The van der Waals surface area contributed by atoms with Crippen LogP contribution in [-0.2, 0) is 11.2 Å². The zero-order valence-corrected chi connectivity index (χ0v) is 14.6. The minimum Gasteiger partial charge on any atom is -0.290 e. The van der Waals surface area contributed by atoms with Gasteiger partial charge in [0.05, 0.1) is 5.41 Å². The molecule has 1 aromatic heterocycles. The third kappa shape index (κ3) is 4.13. The van der Waals surface area contributed by atoms with E-state index in [-0.39, 0.29) is 11.6 Å². The summed E-state index contributed by atoms with van der Waals surface area (Å²) in [5.41, 5.74) is 2.12. The molecule has 2 aromatic rings. The summed E-state index contributed by atoms with van der Waals surface area (Å²) in [5.74, 6) is -0.579. The smallest absolute Gasteiger partial charge is 0.276 e. The fourth-order valence-electron chi connectivity index (χ4n) is 3.72. The van der Waals surface area contributed by atoms with E-state index in [0.29, 0.717) is 6.42 Å². The first-order valence-corrected chi connectivity index (χ1v) is 8.91. The molecule has 1 aliphatic rings. The molecular weight excluding hydrogens is 312 g/mol. The van der Waals surface area contributed by atoms with Crippen molar-refractivity contribution in [1.29, 1.82) is 0 Å². The molecule has 0 unspecified atom stereocenters. The normalized spacial score (nSPS) is 16.2. The molecule has 1 saturated carbocycles. The van der Waals surface area contributed by atoms with Crippen molar-refractivity contribution in [1.82, 2.24) is 10.3 Å². The van der Waals surface area contributed by atoms with Gasteiger partial charge < -0.3 is 0 Å². The summed E-state index contributed by atoms with van der Waals surface area (Å²) in [6.45, 7) is 2.06. The summed E-state index contributed by atoms with van der Waals surface area (Å²) in [7, 11) is 0. The van der Waals surface area contributed by atoms with E-state index < -0.39 is 11.3 Å². The number of aryl methyl sites for hydroxylation is 1. The van der Waals surface area contributed by atoms with E-state index in [1.807, 2.05) is 6.07 Å². The quantitative estimate of drug-likeness (QED) is 0.863. The van der Waals surface area contributed by atoms with E-state index in [4.69, 9.17) is 0 Å². The highest BCUT2D eigenvalue weighted by atomic mass is 16.2. The van der Waals surface area contributed by atoms with Crippen molar-refractivity contribution in [3.63, 3.8) is 0 Å². The van der Waals surface area contributed by atoms with Gasteiger partial charge >= 0.3 is 0 Å². The van der Waals surface area contributed by atoms with Crippen LogP contribution >= 0.6 is 0 Å². The number of carbonyl (C=O) groups excluding carboxylic acids is 2. The second-order valence-electron chi connectivity index (χ2n) is 7.01. The topological polar surface area (TPSA) is 59.1 Å². The van der Waals surface area contributed by atoms with Crippen LogP contribution in [0, 0.1) is 12.3 Å². The maximum atomic E-state index is 13.0. The summed E-state index contributed by atoms with van der Waals surface area (Å²) < 4.78 is 0. The van der Waals surface area contributed by atoms with E-state index in [2.05, 4.69) is 35.4 Å². The third-order valence-corrected chi connectivity index (χ3v) is 5.04. The number of imide groups is 1. The summed E-state index contributed by atoms with van der Waals surface area (Å²) in [5, 5.41) is 2.60. The van der Waals surface area contributed by atoms with Crippen molar-refractivity contribution >= 4 is 11.8 Å². The predicted octanol–water partition coefficient (Wildman–Crippen LogP) is 3.84. The molecule has 25 heavy (non-hydrogen) atoms. The lowest BCUT2D eigenvalue weighted by atomic mass is 9.69. The number of aromatic nitrogens is 1. The second-order valence-corrected chi connectivity index (χ2v) is 7.01. The van der Waals surface area contributed by atoms with Crippen molar-refractivity contribution in [3.8, 4) is 0 Å². The molecular formula is C21H24N2O2. The zero-order chi connectivity index (χ0) is 17.7. The van der Waals surface area contributed by atoms with Gasteiger partial charge in [0.15, 0.2) is 0 Å². The number of benzene rings is 1. The van der Waals surface area contributed by atoms with Crippen LogP contribution in [0.3, 0.4) is 0 Å². The van der Waals surface area contributed by atoms with E-state index in [9.17, 15) is 9.59 Å². The molecule has 0 spiro atoms. The predicted molar refractivity (Wildman–Crippen MR) is 97.1 cm³/mol. The Hall–Kier alpha value is -2.49. The van der Waals surface area contributed by atoms with E-state index >= 15 is 0 Å². The minimum absolute atomic E-state index is 0.163. The molecule has 0 atom stereocenters. The minimum atomic E-state index is -0.503. The fraction of sp³-hybridized carbons (Fsp3) is 0.381. The van der Waals surface area contributed by atoms with Crippen molar-refractivity contribution < 1.29 is 9.59 Å². The third-order valence-electron chi connectivity index (χ3n) is 5.04. The van der Waals surface area contributed by atoms with E-state index in [0.717, 1.165) is 37.7 Å². The Labute approximate surface area is 148 Å². The van der Waals surface area contributed by atoms with Crippen molar-refractivity contribution in [3.05, 3.63) is 65.5 Å². The van der Waals surface area contributed by atoms with Gasteiger partial charge in [0.1, 0.15) is 5.69 Å². The van der Waals surface area contributed by atoms with Gasteiger partial charge in [-0.25, -0.2) is 0 Å². The average Bonchev–Trinajstić information content (AvgIpc) is 2.63. The first kappa shape index (κ1) is 17.3. The van der Waals surface area contributed by atoms with Gasteiger partial charge in [0.2, 0.25) is 5.91 Å². The van der Waals surface area contributed by atoms with Gasteiger partial charge in [-0.2, -0.15) is 0 Å². The molecule has 3 rings (SSSR count). The fourth-order valence-corrected chi connectivity index (χ4v) is 3.72. The Morgan fingerprint density at radius 1 is 1.08 bits per heavy atom. The Morgan fingerprint density at radius 3 is 2.56 bits per heavy atom. The summed E-state index contributed by atoms with van der Waals surface area (Å²) in [4.78, 5) is 29.4. The lowest BCUT2D eigenvalue weighted by Crippen LogP contribution is -2.46. The molecule has 4 nitrogen and oxygen atoms in total. The van der Waals surface area contributed by atoms with Crippen LogP contribution in [0.15, 0.2) is 48.7 Å². The van der Waals surface area contributed by atoms with E-state index in [1.54, 1.807) is 24.4 Å². The highest BCUT2D eigenvalue weighted by molar-refractivity contribution is 6.05. The number of hydrogen-bond donors (Lipinski definition) is 1. The zero-order valence-electron chi connectivity index (χ0n) is 14.6. The largest absolute Gasteiger partial charge is 0.290 e. The number of rotatable bonds is 4. The monoisotopic (exact) mass is 336 g/mol. The molecule has 0 saturated heterocycles. The van der Waals surface area contributed by atoms with Crippen LogP contribution < -0.4 is 5.32 Å². The molecule has 2 amide bonds. The number of hydrogen-bond acceptors (Lipinski definition) is 3. The molecule has 1 heterocycles.